The molecular weight excluding hydrogens is 325 g/mol. The number of carbonyl (C=O) groups excluding carboxylic acids is 1. The Morgan fingerprint density at radius 2 is 2.12 bits per heavy atom. The molecule has 1 aromatic heterocycles. The molecule has 3 rings (SSSR count). The second-order valence-corrected chi connectivity index (χ2v) is 6.20. The number of urea groups is 1. The predicted molar refractivity (Wildman–Crippen MR) is 91.8 cm³/mol. The summed E-state index contributed by atoms with van der Waals surface area (Å²) in [5.41, 5.74) is 0.995. The number of benzene rings is 1. The minimum atomic E-state index is -0.860. The molecule has 1 aliphatic rings. The number of hydrogen-bond donors (Lipinski definition) is 3. The molecule has 0 saturated carbocycles. The van der Waals surface area contributed by atoms with Crippen molar-refractivity contribution in [2.24, 2.45) is 5.92 Å². The highest BCUT2D eigenvalue weighted by Gasteiger charge is 2.23. The number of rotatable bonds is 6. The number of aliphatic hydroxyl groups is 1. The van der Waals surface area contributed by atoms with Crippen LogP contribution in [0.4, 0.5) is 14.9 Å². The first-order valence-corrected chi connectivity index (χ1v) is 8.35. The van der Waals surface area contributed by atoms with Crippen molar-refractivity contribution in [2.75, 3.05) is 31.1 Å². The predicted octanol–water partition coefficient (Wildman–Crippen LogP) is 2.28. The highest BCUT2D eigenvalue weighted by molar-refractivity contribution is 5.73. The van der Waals surface area contributed by atoms with E-state index in [4.69, 9.17) is 4.42 Å². The lowest BCUT2D eigenvalue weighted by Gasteiger charge is -2.19. The Balaban J connectivity index is 1.37. The van der Waals surface area contributed by atoms with Gasteiger partial charge in [0, 0.05) is 25.3 Å². The van der Waals surface area contributed by atoms with Gasteiger partial charge in [0.1, 0.15) is 17.7 Å². The van der Waals surface area contributed by atoms with Gasteiger partial charge in [-0.3, -0.25) is 0 Å². The van der Waals surface area contributed by atoms with Crippen LogP contribution in [0.25, 0.3) is 0 Å². The lowest BCUT2D eigenvalue weighted by molar-refractivity contribution is 0.148. The zero-order chi connectivity index (χ0) is 17.6. The average molecular weight is 347 g/mol. The summed E-state index contributed by atoms with van der Waals surface area (Å²) < 4.78 is 18.1. The topological polar surface area (TPSA) is 77.7 Å². The molecule has 2 aromatic rings. The third-order valence-corrected chi connectivity index (χ3v) is 4.36. The van der Waals surface area contributed by atoms with Gasteiger partial charge in [-0.15, -0.1) is 0 Å². The van der Waals surface area contributed by atoms with Crippen LogP contribution in [0, 0.1) is 11.7 Å². The maximum Gasteiger partial charge on any atom is 0.314 e. The van der Waals surface area contributed by atoms with Crippen molar-refractivity contribution in [3.63, 3.8) is 0 Å². The molecule has 1 saturated heterocycles. The van der Waals surface area contributed by atoms with Gasteiger partial charge < -0.3 is 25.1 Å². The van der Waals surface area contributed by atoms with Crippen LogP contribution in [0.5, 0.6) is 0 Å². The number of nitrogens with one attached hydrogen (secondary N) is 2. The number of furan rings is 1. The molecule has 2 unspecified atom stereocenters. The molecule has 7 heteroatoms. The van der Waals surface area contributed by atoms with Crippen LogP contribution in [-0.2, 0) is 0 Å². The molecule has 2 atom stereocenters. The van der Waals surface area contributed by atoms with E-state index in [-0.39, 0.29) is 18.4 Å². The number of aliphatic hydroxyl groups excluding tert-OH is 1. The first kappa shape index (κ1) is 17.3. The van der Waals surface area contributed by atoms with Crippen molar-refractivity contribution < 1.29 is 18.7 Å². The largest absolute Gasteiger partial charge is 0.467 e. The van der Waals surface area contributed by atoms with Gasteiger partial charge in [0.05, 0.1) is 12.8 Å². The molecule has 2 amide bonds. The number of amides is 2. The molecular formula is C18H22FN3O3. The maximum absolute atomic E-state index is 13.0. The Morgan fingerprint density at radius 1 is 1.32 bits per heavy atom. The molecule has 0 bridgehead atoms. The van der Waals surface area contributed by atoms with E-state index < -0.39 is 6.10 Å². The second kappa shape index (κ2) is 8.02. The van der Waals surface area contributed by atoms with Crippen molar-refractivity contribution in [3.8, 4) is 0 Å². The van der Waals surface area contributed by atoms with Crippen molar-refractivity contribution >= 4 is 11.7 Å². The molecule has 2 heterocycles. The third-order valence-electron chi connectivity index (χ3n) is 4.36. The van der Waals surface area contributed by atoms with E-state index in [0.717, 1.165) is 25.2 Å². The number of carbonyl (C=O) groups is 1. The van der Waals surface area contributed by atoms with Crippen LogP contribution in [0.1, 0.15) is 18.3 Å². The van der Waals surface area contributed by atoms with E-state index in [1.54, 1.807) is 24.3 Å². The van der Waals surface area contributed by atoms with Crippen molar-refractivity contribution in [3.05, 3.63) is 54.2 Å². The maximum atomic E-state index is 13.0. The molecule has 0 radical (unpaired) electrons. The lowest BCUT2D eigenvalue weighted by atomic mass is 10.1. The van der Waals surface area contributed by atoms with Gasteiger partial charge in [-0.2, -0.15) is 0 Å². The normalized spacial score (nSPS) is 18.2. The number of halogens is 1. The summed E-state index contributed by atoms with van der Waals surface area (Å²) in [4.78, 5) is 14.0. The van der Waals surface area contributed by atoms with Crippen molar-refractivity contribution in [2.45, 2.75) is 12.5 Å². The summed E-state index contributed by atoms with van der Waals surface area (Å²) in [6.07, 6.45) is 1.58. The van der Waals surface area contributed by atoms with Crippen LogP contribution < -0.4 is 15.5 Å². The summed E-state index contributed by atoms with van der Waals surface area (Å²) in [6.45, 7) is 2.35. The molecule has 1 aliphatic heterocycles. The van der Waals surface area contributed by atoms with E-state index in [1.807, 2.05) is 0 Å². The van der Waals surface area contributed by atoms with Gasteiger partial charge >= 0.3 is 6.03 Å². The van der Waals surface area contributed by atoms with Crippen molar-refractivity contribution in [1.82, 2.24) is 10.6 Å². The Kier molecular flexibility index (Phi) is 5.55. The fourth-order valence-corrected chi connectivity index (χ4v) is 2.96. The van der Waals surface area contributed by atoms with E-state index in [0.29, 0.717) is 18.2 Å². The summed E-state index contributed by atoms with van der Waals surface area (Å²) in [5.74, 6) is 0.520. The van der Waals surface area contributed by atoms with E-state index in [9.17, 15) is 14.3 Å². The summed E-state index contributed by atoms with van der Waals surface area (Å²) >= 11 is 0. The molecule has 0 aliphatic carbocycles. The van der Waals surface area contributed by atoms with Gasteiger partial charge in [-0.05, 0) is 48.7 Å². The van der Waals surface area contributed by atoms with Crippen molar-refractivity contribution in [1.29, 1.82) is 0 Å². The SMILES string of the molecule is O=C(NCC1CCN(c2ccc(F)cc2)C1)NCC(O)c1ccco1. The summed E-state index contributed by atoms with van der Waals surface area (Å²) in [5, 5.41) is 15.3. The van der Waals surface area contributed by atoms with Crippen LogP contribution in [0.3, 0.4) is 0 Å². The Hall–Kier alpha value is -2.54. The highest BCUT2D eigenvalue weighted by atomic mass is 19.1. The zero-order valence-corrected chi connectivity index (χ0v) is 13.8. The van der Waals surface area contributed by atoms with E-state index in [1.165, 1.54) is 18.4 Å². The molecule has 134 valence electrons. The Bertz CT molecular complexity index is 675. The van der Waals surface area contributed by atoms with Gasteiger partial charge in [-0.25, -0.2) is 9.18 Å². The quantitative estimate of drug-likeness (QED) is 0.749. The molecule has 1 fully saturated rings. The van der Waals surface area contributed by atoms with Gasteiger partial charge in [0.2, 0.25) is 0 Å². The number of nitrogens with zero attached hydrogens (tertiary/aromatic N) is 1. The standard InChI is InChI=1S/C18H22FN3O3/c19-14-3-5-15(6-4-14)22-8-7-13(12-22)10-20-18(24)21-11-16(23)17-2-1-9-25-17/h1-6,9,13,16,23H,7-8,10-12H2,(H2,20,21,24). The van der Waals surface area contributed by atoms with Gasteiger partial charge in [0.15, 0.2) is 0 Å². The molecule has 0 spiro atoms. The van der Waals surface area contributed by atoms with E-state index in [2.05, 4.69) is 15.5 Å². The molecule has 6 nitrogen and oxygen atoms in total. The van der Waals surface area contributed by atoms with Gasteiger partial charge in [0.25, 0.3) is 0 Å². The average Bonchev–Trinajstić information content (AvgIpc) is 3.30. The zero-order valence-electron chi connectivity index (χ0n) is 13.8. The lowest BCUT2D eigenvalue weighted by Crippen LogP contribution is -2.40. The van der Waals surface area contributed by atoms with Crippen LogP contribution >= 0.6 is 0 Å². The molecule has 1 aromatic carbocycles. The number of hydrogen-bond acceptors (Lipinski definition) is 4. The fourth-order valence-electron chi connectivity index (χ4n) is 2.96. The van der Waals surface area contributed by atoms with Gasteiger partial charge in [-0.1, -0.05) is 0 Å². The van der Waals surface area contributed by atoms with Crippen LogP contribution in [-0.4, -0.2) is 37.3 Å². The minimum Gasteiger partial charge on any atom is -0.467 e. The summed E-state index contributed by atoms with van der Waals surface area (Å²) in [7, 11) is 0. The second-order valence-electron chi connectivity index (χ2n) is 6.20. The van der Waals surface area contributed by atoms with E-state index >= 15 is 0 Å². The Morgan fingerprint density at radius 3 is 2.84 bits per heavy atom. The smallest absolute Gasteiger partial charge is 0.314 e. The Labute approximate surface area is 145 Å². The molecule has 25 heavy (non-hydrogen) atoms. The highest BCUT2D eigenvalue weighted by Crippen LogP contribution is 2.23. The summed E-state index contributed by atoms with van der Waals surface area (Å²) in [6, 6.07) is 9.49. The first-order valence-electron chi connectivity index (χ1n) is 8.35. The van der Waals surface area contributed by atoms with Crippen LogP contribution in [0.2, 0.25) is 0 Å². The fraction of sp³-hybridized carbons (Fsp3) is 0.389. The number of anilines is 1. The first-order chi connectivity index (χ1) is 12.1. The monoisotopic (exact) mass is 347 g/mol. The third kappa shape index (κ3) is 4.73. The minimum absolute atomic E-state index is 0.0890. The molecule has 3 N–H and O–H groups in total. The van der Waals surface area contributed by atoms with Crippen LogP contribution in [0.15, 0.2) is 47.1 Å².